The van der Waals surface area contributed by atoms with Gasteiger partial charge in [0, 0.05) is 49.9 Å². The normalized spacial score (nSPS) is 18.5. The molecule has 1 saturated heterocycles. The van der Waals surface area contributed by atoms with Crippen LogP contribution in [0.1, 0.15) is 36.4 Å². The zero-order valence-electron chi connectivity index (χ0n) is 20.3. The third-order valence-corrected chi connectivity index (χ3v) is 7.64. The summed E-state index contributed by atoms with van der Waals surface area (Å²) in [6.07, 6.45) is 8.08. The second-order valence-electron chi connectivity index (χ2n) is 9.61. The molecule has 0 aliphatic carbocycles. The largest absolute Gasteiger partial charge is 0.327 e. The molecule has 0 radical (unpaired) electrons. The second-order valence-corrected chi connectivity index (χ2v) is 10.7. The Kier molecular flexibility index (Phi) is 6.53. The number of piperidine rings is 1. The van der Waals surface area contributed by atoms with Crippen LogP contribution in [0.15, 0.2) is 48.9 Å². The topological polar surface area (TPSA) is 82.8 Å². The number of carbonyl (C=O) groups is 2. The van der Waals surface area contributed by atoms with Crippen molar-refractivity contribution in [2.45, 2.75) is 32.2 Å². The average molecular weight is 491 g/mol. The maximum atomic E-state index is 13.3. The van der Waals surface area contributed by atoms with E-state index in [1.165, 1.54) is 0 Å². The average Bonchev–Trinajstić information content (AvgIpc) is 3.47. The van der Waals surface area contributed by atoms with E-state index in [0.29, 0.717) is 23.8 Å². The van der Waals surface area contributed by atoms with E-state index < -0.39 is 11.8 Å². The first-order valence-corrected chi connectivity index (χ1v) is 12.8. The first kappa shape index (κ1) is 23.4. The number of likely N-dealkylation sites (N-methyl/N-ethyl adjacent to an activating group) is 1. The van der Waals surface area contributed by atoms with E-state index >= 15 is 0 Å². The minimum absolute atomic E-state index is 0.143. The van der Waals surface area contributed by atoms with Crippen LogP contribution >= 0.6 is 11.3 Å². The van der Waals surface area contributed by atoms with Gasteiger partial charge in [-0.15, -0.1) is 11.3 Å². The summed E-state index contributed by atoms with van der Waals surface area (Å²) < 4.78 is 3.00. The molecule has 0 saturated carbocycles. The lowest BCUT2D eigenvalue weighted by Gasteiger charge is -2.38. The number of nitrogens with zero attached hydrogens (tertiary/aromatic N) is 5. The number of thiazole rings is 1. The van der Waals surface area contributed by atoms with E-state index in [1.54, 1.807) is 34.6 Å². The fourth-order valence-corrected chi connectivity index (χ4v) is 5.59. The molecule has 2 amide bonds. The predicted molar refractivity (Wildman–Crippen MR) is 139 cm³/mol. The van der Waals surface area contributed by atoms with E-state index in [4.69, 9.17) is 4.98 Å². The van der Waals surface area contributed by atoms with Crippen molar-refractivity contribution in [3.8, 4) is 0 Å². The van der Waals surface area contributed by atoms with Crippen molar-refractivity contribution < 1.29 is 9.59 Å². The lowest BCUT2D eigenvalue weighted by atomic mass is 9.89. The lowest BCUT2D eigenvalue weighted by molar-refractivity contribution is -0.146. The van der Waals surface area contributed by atoms with E-state index in [-0.39, 0.29) is 6.04 Å². The molecular formula is C26H30N6O2S. The fraction of sp³-hybridized carbons (Fsp3) is 0.385. The van der Waals surface area contributed by atoms with Crippen LogP contribution in [0, 0.1) is 5.92 Å². The summed E-state index contributed by atoms with van der Waals surface area (Å²) in [5.41, 5.74) is 3.26. The molecule has 2 atom stereocenters. The molecule has 35 heavy (non-hydrogen) atoms. The Hall–Kier alpha value is -3.30. The standard InChI is InChI=1S/C26H30N6O2S/c1-17-4-6-21(18-5-7-22-20(14-18)29-24(35-22)9-11-30(2)3)32(16-17)26(34)25(33)28-19-8-12-31-13-10-27-23(31)15-19/h5,7-8,10,12-15,17,21H,4,6,9,11,16H2,1-3H3,(H,28,33). The summed E-state index contributed by atoms with van der Waals surface area (Å²) in [6, 6.07) is 9.65. The fourth-order valence-electron chi connectivity index (χ4n) is 4.65. The number of hydrogen-bond donors (Lipinski definition) is 1. The quantitative estimate of drug-likeness (QED) is 0.428. The molecule has 0 bridgehead atoms. The van der Waals surface area contributed by atoms with Gasteiger partial charge in [-0.05, 0) is 56.6 Å². The second kappa shape index (κ2) is 9.75. The van der Waals surface area contributed by atoms with E-state index in [2.05, 4.69) is 54.4 Å². The molecule has 9 heteroatoms. The van der Waals surface area contributed by atoms with Gasteiger partial charge in [-0.3, -0.25) is 9.59 Å². The summed E-state index contributed by atoms with van der Waals surface area (Å²) in [5.74, 6) is -0.791. The first-order chi connectivity index (χ1) is 16.9. The summed E-state index contributed by atoms with van der Waals surface area (Å²) in [7, 11) is 4.13. The number of aromatic nitrogens is 3. The molecule has 4 heterocycles. The van der Waals surface area contributed by atoms with Crippen LogP contribution in [0.25, 0.3) is 15.9 Å². The van der Waals surface area contributed by atoms with Crippen molar-refractivity contribution in [1.29, 1.82) is 0 Å². The summed E-state index contributed by atoms with van der Waals surface area (Å²) in [5, 5.41) is 3.88. The van der Waals surface area contributed by atoms with Gasteiger partial charge in [0.1, 0.15) is 5.65 Å². The maximum absolute atomic E-state index is 13.3. The summed E-state index contributed by atoms with van der Waals surface area (Å²) in [6.45, 7) is 3.64. The van der Waals surface area contributed by atoms with Crippen LogP contribution in [-0.2, 0) is 16.0 Å². The molecule has 182 valence electrons. The molecule has 4 aromatic rings. The Labute approximate surface area is 208 Å². The summed E-state index contributed by atoms with van der Waals surface area (Å²) >= 11 is 1.72. The van der Waals surface area contributed by atoms with Crippen LogP contribution in [0.3, 0.4) is 0 Å². The SMILES string of the molecule is CC1CCC(c2ccc3sc(CCN(C)C)nc3c2)N(C(=O)C(=O)Nc2ccn3ccnc3c2)C1. The molecule has 1 aliphatic heterocycles. The van der Waals surface area contributed by atoms with Gasteiger partial charge in [0.15, 0.2) is 0 Å². The Bertz CT molecular complexity index is 1380. The zero-order valence-corrected chi connectivity index (χ0v) is 21.1. The first-order valence-electron chi connectivity index (χ1n) is 12.0. The molecule has 8 nitrogen and oxygen atoms in total. The van der Waals surface area contributed by atoms with E-state index in [0.717, 1.165) is 46.6 Å². The molecule has 0 spiro atoms. The molecule has 1 N–H and O–H groups in total. The zero-order chi connectivity index (χ0) is 24.5. The highest BCUT2D eigenvalue weighted by atomic mass is 32.1. The molecular weight excluding hydrogens is 460 g/mol. The number of nitrogens with one attached hydrogen (secondary N) is 1. The van der Waals surface area contributed by atoms with Crippen molar-refractivity contribution in [3.63, 3.8) is 0 Å². The summed E-state index contributed by atoms with van der Waals surface area (Å²) in [4.78, 5) is 39.3. The highest BCUT2D eigenvalue weighted by Gasteiger charge is 2.34. The Morgan fingerprint density at radius 1 is 1.17 bits per heavy atom. The maximum Gasteiger partial charge on any atom is 0.313 e. The molecule has 5 rings (SSSR count). The minimum Gasteiger partial charge on any atom is -0.327 e. The lowest BCUT2D eigenvalue weighted by Crippen LogP contribution is -2.46. The minimum atomic E-state index is -0.624. The number of imidazole rings is 1. The van der Waals surface area contributed by atoms with Crippen molar-refractivity contribution in [1.82, 2.24) is 24.2 Å². The van der Waals surface area contributed by atoms with Crippen molar-refractivity contribution >= 4 is 44.7 Å². The smallest absolute Gasteiger partial charge is 0.313 e. The van der Waals surface area contributed by atoms with Crippen molar-refractivity contribution in [3.05, 3.63) is 59.5 Å². The number of anilines is 1. The number of amides is 2. The number of benzene rings is 1. The Balaban J connectivity index is 1.36. The predicted octanol–water partition coefficient (Wildman–Crippen LogP) is 3.99. The molecule has 3 aromatic heterocycles. The number of pyridine rings is 1. The van der Waals surface area contributed by atoms with E-state index in [1.807, 2.05) is 16.8 Å². The monoisotopic (exact) mass is 490 g/mol. The molecule has 1 aromatic carbocycles. The molecule has 1 aliphatic rings. The highest BCUT2D eigenvalue weighted by Crippen LogP contribution is 2.35. The van der Waals surface area contributed by atoms with E-state index in [9.17, 15) is 9.59 Å². The van der Waals surface area contributed by atoms with Gasteiger partial charge < -0.3 is 19.5 Å². The van der Waals surface area contributed by atoms with Gasteiger partial charge in [-0.1, -0.05) is 13.0 Å². The molecule has 2 unspecified atom stereocenters. The number of hydrogen-bond acceptors (Lipinski definition) is 6. The van der Waals surface area contributed by atoms with Gasteiger partial charge in [-0.25, -0.2) is 9.97 Å². The number of likely N-dealkylation sites (tertiary alicyclic amines) is 1. The van der Waals surface area contributed by atoms with Gasteiger partial charge in [0.25, 0.3) is 0 Å². The van der Waals surface area contributed by atoms with Crippen LogP contribution in [0.5, 0.6) is 0 Å². The van der Waals surface area contributed by atoms with Crippen LogP contribution in [0.2, 0.25) is 0 Å². The van der Waals surface area contributed by atoms with Gasteiger partial charge >= 0.3 is 11.8 Å². The van der Waals surface area contributed by atoms with Crippen molar-refractivity contribution in [2.75, 3.05) is 32.5 Å². The number of rotatable bonds is 5. The highest BCUT2D eigenvalue weighted by molar-refractivity contribution is 7.18. The van der Waals surface area contributed by atoms with Crippen LogP contribution in [-0.4, -0.2) is 63.2 Å². The third-order valence-electron chi connectivity index (χ3n) is 6.54. The van der Waals surface area contributed by atoms with Crippen molar-refractivity contribution in [2.24, 2.45) is 5.92 Å². The number of fused-ring (bicyclic) bond motifs is 2. The van der Waals surface area contributed by atoms with Gasteiger partial charge in [-0.2, -0.15) is 0 Å². The van der Waals surface area contributed by atoms with Gasteiger partial charge in [0.2, 0.25) is 0 Å². The molecule has 1 fully saturated rings. The Morgan fingerprint density at radius 2 is 2.03 bits per heavy atom. The van der Waals surface area contributed by atoms with Gasteiger partial charge in [0.05, 0.1) is 21.3 Å². The third kappa shape index (κ3) is 5.06. The Morgan fingerprint density at radius 3 is 2.86 bits per heavy atom. The number of carbonyl (C=O) groups excluding carboxylic acids is 2. The van der Waals surface area contributed by atoms with Crippen LogP contribution < -0.4 is 5.32 Å². The van der Waals surface area contributed by atoms with Crippen LogP contribution in [0.4, 0.5) is 5.69 Å².